The molecular weight excluding hydrogens is 591 g/mol. The van der Waals surface area contributed by atoms with E-state index in [1.165, 1.54) is 16.9 Å². The molecule has 4 aromatic carbocycles. The van der Waals surface area contributed by atoms with Gasteiger partial charge < -0.3 is 9.47 Å². The molecule has 226 valence electrons. The lowest BCUT2D eigenvalue weighted by atomic mass is 9.91. The van der Waals surface area contributed by atoms with E-state index in [1.807, 2.05) is 72.1 Å². The Morgan fingerprint density at radius 3 is 2.02 bits per heavy atom. The highest BCUT2D eigenvalue weighted by Crippen LogP contribution is 2.30. The molecule has 0 N–H and O–H groups in total. The van der Waals surface area contributed by atoms with Gasteiger partial charge in [-0.2, -0.15) is 4.31 Å². The highest BCUT2D eigenvalue weighted by atomic mass is 32.2. The molecule has 1 saturated heterocycles. The van der Waals surface area contributed by atoms with E-state index in [-0.39, 0.29) is 0 Å². The summed E-state index contributed by atoms with van der Waals surface area (Å²) < 4.78 is 41.6. The Bertz CT molecular complexity index is 1860. The topological polar surface area (TPSA) is 73.1 Å². The minimum absolute atomic E-state index is 0.317. The van der Waals surface area contributed by atoms with Gasteiger partial charge in [0.2, 0.25) is 10.0 Å². The van der Waals surface area contributed by atoms with Crippen LogP contribution in [0.25, 0.3) is 16.9 Å². The second-order valence-corrected chi connectivity index (χ2v) is 13.6. The molecule has 5 aromatic rings. The molecule has 0 radical (unpaired) electrons. The van der Waals surface area contributed by atoms with Gasteiger partial charge in [-0.25, -0.2) is 13.4 Å². The number of aromatic nitrogens is 1. The maximum atomic E-state index is 13.6. The molecule has 0 saturated carbocycles. The zero-order valence-electron chi connectivity index (χ0n) is 24.8. The lowest BCUT2D eigenvalue weighted by Gasteiger charge is -2.31. The average Bonchev–Trinajstić information content (AvgIpc) is 3.49. The third-order valence-corrected chi connectivity index (χ3v) is 10.8. The molecule has 0 amide bonds. The number of rotatable bonds is 9. The predicted octanol–water partition coefficient (Wildman–Crippen LogP) is 7.10. The van der Waals surface area contributed by atoms with Crippen LogP contribution in [0.3, 0.4) is 0 Å². The number of piperidine rings is 1. The molecule has 0 unspecified atom stereocenters. The lowest BCUT2D eigenvalue weighted by molar-refractivity contribution is 0.273. The summed E-state index contributed by atoms with van der Waals surface area (Å²) in [6, 6.07) is 33.1. The van der Waals surface area contributed by atoms with Crippen LogP contribution >= 0.6 is 11.3 Å². The second-order valence-electron chi connectivity index (χ2n) is 10.8. The number of benzene rings is 4. The summed E-state index contributed by atoms with van der Waals surface area (Å²) in [5.41, 5.74) is 4.84. The molecule has 44 heavy (non-hydrogen) atoms. The number of nitrogens with zero attached hydrogens (tertiary/aromatic N) is 3. The van der Waals surface area contributed by atoms with Crippen LogP contribution in [0.1, 0.15) is 18.4 Å². The van der Waals surface area contributed by atoms with Crippen molar-refractivity contribution < 1.29 is 17.9 Å². The molecular formula is C35H35N3O4S2. The number of hydrogen-bond donors (Lipinski definition) is 0. The highest BCUT2D eigenvalue weighted by Gasteiger charge is 2.29. The fraction of sp³-hybridized carbons (Fsp3) is 0.229. The van der Waals surface area contributed by atoms with Crippen molar-refractivity contribution in [2.24, 2.45) is 10.9 Å². The summed E-state index contributed by atoms with van der Waals surface area (Å²) >= 11 is 1.52. The minimum Gasteiger partial charge on any atom is -0.497 e. The van der Waals surface area contributed by atoms with E-state index in [4.69, 9.17) is 14.5 Å². The summed E-state index contributed by atoms with van der Waals surface area (Å²) in [5, 5.41) is 2.05. The molecule has 1 aliphatic heterocycles. The Morgan fingerprint density at radius 2 is 1.41 bits per heavy atom. The Morgan fingerprint density at radius 1 is 0.795 bits per heavy atom. The monoisotopic (exact) mass is 625 g/mol. The molecule has 1 aromatic heterocycles. The van der Waals surface area contributed by atoms with Gasteiger partial charge in [0.05, 0.1) is 30.5 Å². The Balaban J connectivity index is 1.26. The van der Waals surface area contributed by atoms with Gasteiger partial charge in [0.1, 0.15) is 11.5 Å². The molecule has 0 aliphatic carbocycles. The Kier molecular flexibility index (Phi) is 8.97. The molecule has 6 rings (SSSR count). The number of sulfonamides is 1. The van der Waals surface area contributed by atoms with E-state index < -0.39 is 10.0 Å². The number of ether oxygens (including phenoxy) is 2. The van der Waals surface area contributed by atoms with Crippen LogP contribution in [0.5, 0.6) is 11.5 Å². The Hall–Kier alpha value is -4.18. The van der Waals surface area contributed by atoms with Gasteiger partial charge in [-0.15, -0.1) is 11.3 Å². The second kappa shape index (κ2) is 13.2. The van der Waals surface area contributed by atoms with Gasteiger partial charge in [0, 0.05) is 24.2 Å². The number of methoxy groups -OCH3 is 2. The first kappa shape index (κ1) is 29.9. The van der Waals surface area contributed by atoms with Crippen molar-refractivity contribution in [2.75, 3.05) is 27.3 Å². The van der Waals surface area contributed by atoms with Gasteiger partial charge in [-0.05, 0) is 97.0 Å². The molecule has 9 heteroatoms. The van der Waals surface area contributed by atoms with E-state index in [9.17, 15) is 8.42 Å². The van der Waals surface area contributed by atoms with Gasteiger partial charge in [0.25, 0.3) is 0 Å². The van der Waals surface area contributed by atoms with Crippen LogP contribution in [0.4, 0.5) is 5.69 Å². The van der Waals surface area contributed by atoms with Crippen molar-refractivity contribution in [1.82, 2.24) is 8.87 Å². The minimum atomic E-state index is -3.58. The SMILES string of the molecule is COc1ccc(N=c2scc(-c3ccc(S(=O)(=O)N4CCC(Cc5ccccc5)CC4)cc3)n2-c2ccc(OC)cc2)cc1. The average molecular weight is 626 g/mol. The molecule has 0 bridgehead atoms. The molecule has 7 nitrogen and oxygen atoms in total. The van der Waals surface area contributed by atoms with Crippen molar-refractivity contribution in [1.29, 1.82) is 0 Å². The lowest BCUT2D eigenvalue weighted by Crippen LogP contribution is -2.38. The van der Waals surface area contributed by atoms with Crippen molar-refractivity contribution in [3.8, 4) is 28.4 Å². The summed E-state index contributed by atoms with van der Waals surface area (Å²) in [6.45, 7) is 1.08. The van der Waals surface area contributed by atoms with Crippen LogP contribution in [-0.2, 0) is 16.4 Å². The molecule has 0 spiro atoms. The van der Waals surface area contributed by atoms with E-state index in [0.29, 0.717) is 23.9 Å². The third kappa shape index (κ3) is 6.50. The van der Waals surface area contributed by atoms with Crippen LogP contribution in [0, 0.1) is 5.92 Å². The molecule has 1 aliphatic rings. The summed E-state index contributed by atoms with van der Waals surface area (Å²) in [7, 11) is -0.298. The van der Waals surface area contributed by atoms with Crippen LogP contribution in [-0.4, -0.2) is 44.6 Å². The van der Waals surface area contributed by atoms with Gasteiger partial charge in [0.15, 0.2) is 4.80 Å². The summed E-state index contributed by atoms with van der Waals surface area (Å²) in [6.07, 6.45) is 2.72. The summed E-state index contributed by atoms with van der Waals surface area (Å²) in [5.74, 6) is 2.03. The first-order valence-corrected chi connectivity index (χ1v) is 16.9. The van der Waals surface area contributed by atoms with E-state index in [1.54, 1.807) is 30.7 Å². The summed E-state index contributed by atoms with van der Waals surface area (Å²) in [4.78, 5) is 6.02. The van der Waals surface area contributed by atoms with Crippen LogP contribution in [0.2, 0.25) is 0 Å². The Labute approximate surface area is 262 Å². The third-order valence-electron chi connectivity index (χ3n) is 8.06. The van der Waals surface area contributed by atoms with Crippen molar-refractivity contribution in [2.45, 2.75) is 24.2 Å². The standard InChI is InChI=1S/C35H35N3O4S2/c1-41-31-14-10-29(11-15-31)36-35-38(30-12-16-32(42-2)17-13-30)34(25-43-35)28-8-18-33(19-9-28)44(39,40)37-22-20-27(21-23-37)24-26-6-4-3-5-7-26/h3-19,25,27H,20-24H2,1-2H3. The van der Waals surface area contributed by atoms with Gasteiger partial charge >= 0.3 is 0 Å². The fourth-order valence-corrected chi connectivity index (χ4v) is 7.98. The van der Waals surface area contributed by atoms with Gasteiger partial charge in [-0.3, -0.25) is 4.57 Å². The smallest absolute Gasteiger partial charge is 0.243 e. The maximum absolute atomic E-state index is 13.6. The molecule has 1 fully saturated rings. The first-order chi connectivity index (χ1) is 21.4. The maximum Gasteiger partial charge on any atom is 0.243 e. The predicted molar refractivity (Wildman–Crippen MR) is 175 cm³/mol. The van der Waals surface area contributed by atoms with Crippen molar-refractivity contribution in [3.05, 3.63) is 119 Å². The fourth-order valence-electron chi connectivity index (χ4n) is 5.59. The quantitative estimate of drug-likeness (QED) is 0.175. The highest BCUT2D eigenvalue weighted by molar-refractivity contribution is 7.89. The van der Waals surface area contributed by atoms with E-state index in [2.05, 4.69) is 28.8 Å². The van der Waals surface area contributed by atoms with Crippen LogP contribution in [0.15, 0.2) is 118 Å². The normalized spacial score (nSPS) is 14.9. The first-order valence-electron chi connectivity index (χ1n) is 14.6. The van der Waals surface area contributed by atoms with Gasteiger partial charge in [-0.1, -0.05) is 42.5 Å². The zero-order valence-corrected chi connectivity index (χ0v) is 26.4. The van der Waals surface area contributed by atoms with E-state index >= 15 is 0 Å². The number of hydrogen-bond acceptors (Lipinski definition) is 6. The van der Waals surface area contributed by atoms with Crippen molar-refractivity contribution in [3.63, 3.8) is 0 Å². The molecule has 2 heterocycles. The van der Waals surface area contributed by atoms with Crippen molar-refractivity contribution >= 4 is 27.0 Å². The zero-order chi connectivity index (χ0) is 30.5. The number of thiazole rings is 1. The van der Waals surface area contributed by atoms with Crippen LogP contribution < -0.4 is 14.3 Å². The largest absolute Gasteiger partial charge is 0.497 e. The van der Waals surface area contributed by atoms with E-state index in [0.717, 1.165) is 58.2 Å². The molecule has 0 atom stereocenters.